The highest BCUT2D eigenvalue weighted by Crippen LogP contribution is 2.16. The van der Waals surface area contributed by atoms with Crippen molar-refractivity contribution in [2.45, 2.75) is 19.7 Å². The predicted octanol–water partition coefficient (Wildman–Crippen LogP) is 3.19. The lowest BCUT2D eigenvalue weighted by Gasteiger charge is -2.09. The Morgan fingerprint density at radius 3 is 2.28 bits per heavy atom. The van der Waals surface area contributed by atoms with Crippen molar-refractivity contribution in [3.05, 3.63) is 29.8 Å². The van der Waals surface area contributed by atoms with Crippen molar-refractivity contribution in [2.24, 2.45) is 0 Å². The molecule has 0 bridgehead atoms. The fourth-order valence-corrected chi connectivity index (χ4v) is 1.26. The number of ether oxygens (including phenoxy) is 2. The number of halogens is 3. The average molecular weight is 262 g/mol. The first-order valence-corrected chi connectivity index (χ1v) is 5.39. The summed E-state index contributed by atoms with van der Waals surface area (Å²) < 4.78 is 43.5. The average Bonchev–Trinajstić information content (AvgIpc) is 2.33. The zero-order chi connectivity index (χ0) is 13.6. The molecule has 0 N–H and O–H groups in total. The van der Waals surface area contributed by atoms with Crippen LogP contribution in [-0.2, 0) is 4.74 Å². The number of carbonyl (C=O) groups is 1. The van der Waals surface area contributed by atoms with Crippen molar-refractivity contribution in [1.29, 1.82) is 0 Å². The summed E-state index contributed by atoms with van der Waals surface area (Å²) in [4.78, 5) is 11.3. The van der Waals surface area contributed by atoms with Crippen LogP contribution in [0.2, 0.25) is 0 Å². The molecule has 0 atom stereocenters. The van der Waals surface area contributed by atoms with Gasteiger partial charge in [-0.05, 0) is 24.3 Å². The lowest BCUT2D eigenvalue weighted by molar-refractivity contribution is -0.325. The smallest absolute Gasteiger partial charge is 0.491 e. The Hall–Kier alpha value is -1.56. The van der Waals surface area contributed by atoms with Crippen molar-refractivity contribution in [3.8, 4) is 5.75 Å². The van der Waals surface area contributed by atoms with E-state index in [0.717, 1.165) is 0 Å². The van der Waals surface area contributed by atoms with Crippen molar-refractivity contribution in [3.63, 3.8) is 0 Å². The molecular formula is C12H13F3O3. The number of carbonyl (C=O) groups excluding carboxylic acids is 1. The zero-order valence-electron chi connectivity index (χ0n) is 9.79. The van der Waals surface area contributed by atoms with Gasteiger partial charge in [-0.1, -0.05) is 6.92 Å². The third-order valence-electron chi connectivity index (χ3n) is 2.12. The van der Waals surface area contributed by atoms with Crippen LogP contribution < -0.4 is 4.74 Å². The van der Waals surface area contributed by atoms with E-state index in [1.165, 1.54) is 12.1 Å². The van der Waals surface area contributed by atoms with Crippen molar-refractivity contribution >= 4 is 5.78 Å². The SMILES string of the molecule is CCC(=O)c1ccc(OCCOC(F)(F)F)cc1. The second-order valence-corrected chi connectivity index (χ2v) is 3.44. The van der Waals surface area contributed by atoms with E-state index < -0.39 is 13.0 Å². The molecule has 0 spiro atoms. The predicted molar refractivity (Wildman–Crippen MR) is 58.6 cm³/mol. The molecule has 0 heterocycles. The van der Waals surface area contributed by atoms with E-state index in [2.05, 4.69) is 4.74 Å². The maximum Gasteiger partial charge on any atom is 0.522 e. The molecule has 0 aliphatic carbocycles. The Morgan fingerprint density at radius 2 is 1.78 bits per heavy atom. The highest BCUT2D eigenvalue weighted by Gasteiger charge is 2.28. The first-order chi connectivity index (χ1) is 8.42. The van der Waals surface area contributed by atoms with Crippen LogP contribution in [0.5, 0.6) is 5.75 Å². The van der Waals surface area contributed by atoms with Gasteiger partial charge in [0.05, 0.1) is 6.61 Å². The van der Waals surface area contributed by atoms with Gasteiger partial charge < -0.3 is 4.74 Å². The molecule has 0 fully saturated rings. The third-order valence-corrected chi connectivity index (χ3v) is 2.12. The summed E-state index contributed by atoms with van der Waals surface area (Å²) >= 11 is 0. The minimum Gasteiger partial charge on any atom is -0.491 e. The van der Waals surface area contributed by atoms with E-state index in [1.54, 1.807) is 19.1 Å². The number of hydrogen-bond donors (Lipinski definition) is 0. The van der Waals surface area contributed by atoms with Crippen LogP contribution in [0.4, 0.5) is 13.2 Å². The van der Waals surface area contributed by atoms with Crippen LogP contribution in [0.3, 0.4) is 0 Å². The summed E-state index contributed by atoms with van der Waals surface area (Å²) in [5.41, 5.74) is 0.552. The number of hydrogen-bond acceptors (Lipinski definition) is 3. The first-order valence-electron chi connectivity index (χ1n) is 5.39. The second-order valence-electron chi connectivity index (χ2n) is 3.44. The third kappa shape index (κ3) is 5.18. The van der Waals surface area contributed by atoms with Crippen LogP contribution in [0, 0.1) is 0 Å². The lowest BCUT2D eigenvalue weighted by Crippen LogP contribution is -2.18. The molecule has 1 rings (SSSR count). The lowest BCUT2D eigenvalue weighted by atomic mass is 10.1. The summed E-state index contributed by atoms with van der Waals surface area (Å²) in [6, 6.07) is 6.23. The quantitative estimate of drug-likeness (QED) is 0.583. The van der Waals surface area contributed by atoms with E-state index in [0.29, 0.717) is 17.7 Å². The van der Waals surface area contributed by atoms with Crippen molar-refractivity contribution in [1.82, 2.24) is 0 Å². The molecule has 0 aliphatic rings. The minimum atomic E-state index is -4.64. The van der Waals surface area contributed by atoms with Gasteiger partial charge in [0.15, 0.2) is 5.78 Å². The van der Waals surface area contributed by atoms with Gasteiger partial charge in [-0.2, -0.15) is 0 Å². The van der Waals surface area contributed by atoms with E-state index >= 15 is 0 Å². The minimum absolute atomic E-state index is 0.00181. The van der Waals surface area contributed by atoms with Gasteiger partial charge in [0.1, 0.15) is 12.4 Å². The summed E-state index contributed by atoms with van der Waals surface area (Å²) in [6.07, 6.45) is -4.24. The van der Waals surface area contributed by atoms with Crippen LogP contribution >= 0.6 is 0 Å². The molecule has 0 radical (unpaired) electrons. The fourth-order valence-electron chi connectivity index (χ4n) is 1.26. The standard InChI is InChI=1S/C12H13F3O3/c1-2-11(16)9-3-5-10(6-4-9)17-7-8-18-12(13,14)15/h3-6H,2,7-8H2,1H3. The molecule has 0 saturated heterocycles. The Bertz CT molecular complexity index is 385. The zero-order valence-corrected chi connectivity index (χ0v) is 9.79. The Kier molecular flexibility index (Phi) is 5.15. The van der Waals surface area contributed by atoms with Crippen LogP contribution in [0.1, 0.15) is 23.7 Å². The fraction of sp³-hybridized carbons (Fsp3) is 0.417. The molecule has 1 aromatic rings. The highest BCUT2D eigenvalue weighted by molar-refractivity contribution is 5.95. The van der Waals surface area contributed by atoms with E-state index in [1.807, 2.05) is 0 Å². The largest absolute Gasteiger partial charge is 0.522 e. The molecule has 18 heavy (non-hydrogen) atoms. The molecule has 6 heteroatoms. The van der Waals surface area contributed by atoms with Crippen LogP contribution in [0.25, 0.3) is 0 Å². The number of alkyl halides is 3. The molecule has 0 saturated carbocycles. The van der Waals surface area contributed by atoms with Gasteiger partial charge in [-0.15, -0.1) is 13.2 Å². The molecule has 0 unspecified atom stereocenters. The summed E-state index contributed by atoms with van der Waals surface area (Å²) in [6.45, 7) is 0.973. The Labute approximate surface area is 103 Å². The summed E-state index contributed by atoms with van der Waals surface area (Å²) in [7, 11) is 0. The molecule has 3 nitrogen and oxygen atoms in total. The number of Topliss-reactive ketones (excluding diaryl/α,β-unsaturated/α-hetero) is 1. The highest BCUT2D eigenvalue weighted by atomic mass is 19.4. The Balaban J connectivity index is 2.38. The second kappa shape index (κ2) is 6.39. The Morgan fingerprint density at radius 1 is 1.17 bits per heavy atom. The van der Waals surface area contributed by atoms with E-state index in [-0.39, 0.29) is 12.4 Å². The van der Waals surface area contributed by atoms with Gasteiger partial charge in [0, 0.05) is 12.0 Å². The first kappa shape index (κ1) is 14.5. The molecule has 0 aliphatic heterocycles. The maximum atomic E-state index is 11.6. The molecule has 1 aromatic carbocycles. The molecular weight excluding hydrogens is 249 g/mol. The van der Waals surface area contributed by atoms with Gasteiger partial charge in [-0.3, -0.25) is 9.53 Å². The topological polar surface area (TPSA) is 35.5 Å². The monoisotopic (exact) mass is 262 g/mol. The normalized spacial score (nSPS) is 11.3. The van der Waals surface area contributed by atoms with Gasteiger partial charge in [0.2, 0.25) is 0 Å². The van der Waals surface area contributed by atoms with Gasteiger partial charge >= 0.3 is 6.36 Å². The maximum absolute atomic E-state index is 11.6. The number of rotatable bonds is 6. The number of benzene rings is 1. The summed E-state index contributed by atoms with van der Waals surface area (Å²) in [5.74, 6) is 0.399. The van der Waals surface area contributed by atoms with Crippen LogP contribution in [0.15, 0.2) is 24.3 Å². The molecule has 0 amide bonds. The van der Waals surface area contributed by atoms with Crippen molar-refractivity contribution < 1.29 is 27.4 Å². The van der Waals surface area contributed by atoms with Gasteiger partial charge in [0.25, 0.3) is 0 Å². The van der Waals surface area contributed by atoms with Crippen LogP contribution in [-0.4, -0.2) is 25.4 Å². The van der Waals surface area contributed by atoms with Crippen molar-refractivity contribution in [2.75, 3.05) is 13.2 Å². The van der Waals surface area contributed by atoms with E-state index in [4.69, 9.17) is 4.74 Å². The molecule has 100 valence electrons. The molecule has 0 aromatic heterocycles. The number of ketones is 1. The van der Waals surface area contributed by atoms with Gasteiger partial charge in [-0.25, -0.2) is 0 Å². The summed E-state index contributed by atoms with van der Waals surface area (Å²) in [5, 5.41) is 0. The van der Waals surface area contributed by atoms with E-state index in [9.17, 15) is 18.0 Å².